The van der Waals surface area contributed by atoms with Gasteiger partial charge in [-0.25, -0.2) is 4.98 Å². The maximum Gasteiger partial charge on any atom is 0.310 e. The van der Waals surface area contributed by atoms with E-state index in [9.17, 15) is 9.59 Å². The molecule has 0 saturated carbocycles. The van der Waals surface area contributed by atoms with Gasteiger partial charge in [0, 0.05) is 24.5 Å². The first kappa shape index (κ1) is 18.8. The van der Waals surface area contributed by atoms with Gasteiger partial charge >= 0.3 is 5.97 Å². The maximum absolute atomic E-state index is 12.8. The van der Waals surface area contributed by atoms with Gasteiger partial charge in [0.25, 0.3) is 5.56 Å². The topological polar surface area (TPSA) is 63.9 Å². The van der Waals surface area contributed by atoms with Crippen LogP contribution in [0.2, 0.25) is 0 Å². The third kappa shape index (κ3) is 3.86. The second-order valence-corrected chi connectivity index (χ2v) is 7.85. The van der Waals surface area contributed by atoms with Crippen LogP contribution in [0.5, 0.6) is 0 Å². The Morgan fingerprint density at radius 1 is 1.32 bits per heavy atom. The highest BCUT2D eigenvalue weighted by Gasteiger charge is 2.27. The molecule has 2 aromatic heterocycles. The number of fused-ring (bicyclic) bond motifs is 1. The van der Waals surface area contributed by atoms with Crippen LogP contribution >= 0.6 is 11.3 Å². The number of hydrogen-bond acceptors (Lipinski definition) is 6. The van der Waals surface area contributed by atoms with E-state index in [4.69, 9.17) is 9.72 Å². The Balaban J connectivity index is 1.56. The molecule has 7 heteroatoms. The molecule has 0 aliphatic carbocycles. The Bertz CT molecular complexity index is 1030. The Morgan fingerprint density at radius 3 is 2.93 bits per heavy atom. The van der Waals surface area contributed by atoms with Gasteiger partial charge in [0.1, 0.15) is 0 Å². The van der Waals surface area contributed by atoms with E-state index in [1.165, 1.54) is 11.3 Å². The van der Waals surface area contributed by atoms with E-state index in [2.05, 4.69) is 4.90 Å². The summed E-state index contributed by atoms with van der Waals surface area (Å²) < 4.78 is 6.84. The van der Waals surface area contributed by atoms with Gasteiger partial charge in [0.05, 0.1) is 23.9 Å². The second kappa shape index (κ2) is 8.24. The molecule has 1 aliphatic rings. The minimum absolute atomic E-state index is 0.0703. The largest absolute Gasteiger partial charge is 0.466 e. The average Bonchev–Trinajstić information content (AvgIpc) is 3.14. The molecular formula is C21H23N3O3S. The van der Waals surface area contributed by atoms with Crippen molar-refractivity contribution >= 4 is 22.3 Å². The van der Waals surface area contributed by atoms with E-state index < -0.39 is 0 Å². The first-order valence-corrected chi connectivity index (χ1v) is 10.5. The zero-order valence-corrected chi connectivity index (χ0v) is 16.7. The van der Waals surface area contributed by atoms with Crippen LogP contribution < -0.4 is 5.56 Å². The SMILES string of the molecule is CCOC(=O)[C@@H]1CCCN(Cc2cc(=O)n3c(-c4ccccc4)csc3n2)C1. The molecule has 146 valence electrons. The minimum Gasteiger partial charge on any atom is -0.466 e. The van der Waals surface area contributed by atoms with E-state index in [1.54, 1.807) is 10.5 Å². The van der Waals surface area contributed by atoms with Gasteiger partial charge in [0.15, 0.2) is 4.96 Å². The van der Waals surface area contributed by atoms with Crippen LogP contribution in [0.25, 0.3) is 16.2 Å². The van der Waals surface area contributed by atoms with Gasteiger partial charge in [-0.3, -0.25) is 18.9 Å². The molecule has 1 atom stereocenters. The monoisotopic (exact) mass is 397 g/mol. The number of aromatic nitrogens is 2. The van der Waals surface area contributed by atoms with Gasteiger partial charge in [-0.15, -0.1) is 11.3 Å². The summed E-state index contributed by atoms with van der Waals surface area (Å²) in [4.78, 5) is 32.4. The molecule has 0 radical (unpaired) electrons. The number of carbonyl (C=O) groups excluding carboxylic acids is 1. The van der Waals surface area contributed by atoms with Crippen LogP contribution in [-0.2, 0) is 16.1 Å². The van der Waals surface area contributed by atoms with Crippen molar-refractivity contribution in [1.29, 1.82) is 0 Å². The molecule has 4 rings (SSSR count). The second-order valence-electron chi connectivity index (χ2n) is 7.02. The lowest BCUT2D eigenvalue weighted by Gasteiger charge is -2.31. The van der Waals surface area contributed by atoms with E-state index in [-0.39, 0.29) is 17.4 Å². The lowest BCUT2D eigenvalue weighted by molar-refractivity contribution is -0.150. The number of ether oxygens (including phenoxy) is 1. The predicted molar refractivity (Wildman–Crippen MR) is 109 cm³/mol. The van der Waals surface area contributed by atoms with E-state index in [0.29, 0.717) is 24.7 Å². The summed E-state index contributed by atoms with van der Waals surface area (Å²) in [5, 5.41) is 1.97. The van der Waals surface area contributed by atoms with E-state index >= 15 is 0 Å². The van der Waals surface area contributed by atoms with Gasteiger partial charge < -0.3 is 4.74 Å². The lowest BCUT2D eigenvalue weighted by atomic mass is 9.98. The third-order valence-electron chi connectivity index (χ3n) is 5.04. The smallest absolute Gasteiger partial charge is 0.310 e. The first-order chi connectivity index (χ1) is 13.7. The summed E-state index contributed by atoms with van der Waals surface area (Å²) in [7, 11) is 0. The number of rotatable bonds is 5. The molecule has 6 nitrogen and oxygen atoms in total. The fraction of sp³-hybridized carbons (Fsp3) is 0.381. The molecule has 1 aliphatic heterocycles. The summed E-state index contributed by atoms with van der Waals surface area (Å²) in [6, 6.07) is 11.5. The summed E-state index contributed by atoms with van der Waals surface area (Å²) >= 11 is 1.47. The van der Waals surface area contributed by atoms with Crippen molar-refractivity contribution in [2.45, 2.75) is 26.3 Å². The van der Waals surface area contributed by atoms with Crippen LogP contribution in [0.4, 0.5) is 0 Å². The zero-order valence-electron chi connectivity index (χ0n) is 15.8. The number of hydrogen-bond donors (Lipinski definition) is 0. The summed E-state index contributed by atoms with van der Waals surface area (Å²) in [5.41, 5.74) is 2.54. The minimum atomic E-state index is -0.124. The van der Waals surface area contributed by atoms with Crippen molar-refractivity contribution in [2.24, 2.45) is 5.92 Å². The fourth-order valence-corrected chi connectivity index (χ4v) is 4.66. The van der Waals surface area contributed by atoms with Gasteiger partial charge in [-0.1, -0.05) is 30.3 Å². The number of carbonyl (C=O) groups is 1. The molecule has 0 unspecified atom stereocenters. The molecule has 0 amide bonds. The van der Waals surface area contributed by atoms with Crippen LogP contribution in [-0.4, -0.2) is 40.0 Å². The molecule has 0 bridgehead atoms. The fourth-order valence-electron chi connectivity index (χ4n) is 3.74. The molecule has 1 fully saturated rings. The van der Waals surface area contributed by atoms with Crippen molar-refractivity contribution < 1.29 is 9.53 Å². The number of esters is 1. The molecule has 0 spiro atoms. The van der Waals surface area contributed by atoms with Gasteiger partial charge in [-0.05, 0) is 31.9 Å². The summed E-state index contributed by atoms with van der Waals surface area (Å²) in [5.74, 6) is -0.216. The summed E-state index contributed by atoms with van der Waals surface area (Å²) in [6.07, 6.45) is 1.80. The molecule has 3 aromatic rings. The molecular weight excluding hydrogens is 374 g/mol. The summed E-state index contributed by atoms with van der Waals surface area (Å²) in [6.45, 7) is 4.36. The van der Waals surface area contributed by atoms with Crippen molar-refractivity contribution in [3.8, 4) is 11.3 Å². The number of likely N-dealkylation sites (tertiary alicyclic amines) is 1. The van der Waals surface area contributed by atoms with Crippen molar-refractivity contribution in [1.82, 2.24) is 14.3 Å². The van der Waals surface area contributed by atoms with Crippen LogP contribution in [0.15, 0.2) is 46.6 Å². The van der Waals surface area contributed by atoms with Crippen molar-refractivity contribution in [3.05, 3.63) is 57.8 Å². The Hall–Kier alpha value is -2.51. The predicted octanol–water partition coefficient (Wildman–Crippen LogP) is 3.20. The van der Waals surface area contributed by atoms with Crippen LogP contribution in [0, 0.1) is 5.92 Å². The molecule has 0 N–H and O–H groups in total. The molecule has 1 aromatic carbocycles. The van der Waals surface area contributed by atoms with E-state index in [1.807, 2.05) is 42.6 Å². The molecule has 28 heavy (non-hydrogen) atoms. The highest BCUT2D eigenvalue weighted by atomic mass is 32.1. The van der Waals surface area contributed by atoms with Crippen LogP contribution in [0.3, 0.4) is 0 Å². The number of thiazole rings is 1. The van der Waals surface area contributed by atoms with Crippen molar-refractivity contribution in [3.63, 3.8) is 0 Å². The highest BCUT2D eigenvalue weighted by Crippen LogP contribution is 2.24. The standard InChI is InChI=1S/C21H23N3O3S/c1-2-27-20(26)16-9-6-10-23(12-16)13-17-11-19(25)24-18(14-28-21(24)22-17)15-7-4-3-5-8-15/h3-5,7-8,11,14,16H,2,6,9-10,12-13H2,1H3/t16-/m1/s1. The van der Waals surface area contributed by atoms with Crippen LogP contribution in [0.1, 0.15) is 25.5 Å². The normalized spacial score (nSPS) is 17.7. The molecule has 1 saturated heterocycles. The average molecular weight is 398 g/mol. The third-order valence-corrected chi connectivity index (χ3v) is 5.86. The maximum atomic E-state index is 12.8. The highest BCUT2D eigenvalue weighted by molar-refractivity contribution is 7.15. The zero-order chi connectivity index (χ0) is 19.5. The Labute approximate surface area is 167 Å². The Kier molecular flexibility index (Phi) is 5.54. The van der Waals surface area contributed by atoms with Gasteiger partial charge in [0.2, 0.25) is 0 Å². The van der Waals surface area contributed by atoms with Gasteiger partial charge in [-0.2, -0.15) is 0 Å². The number of piperidine rings is 1. The number of nitrogens with zero attached hydrogens (tertiary/aromatic N) is 3. The lowest BCUT2D eigenvalue weighted by Crippen LogP contribution is -2.39. The number of benzene rings is 1. The first-order valence-electron chi connectivity index (χ1n) is 9.60. The van der Waals surface area contributed by atoms with Crippen molar-refractivity contribution in [2.75, 3.05) is 19.7 Å². The quantitative estimate of drug-likeness (QED) is 0.619. The Morgan fingerprint density at radius 2 is 2.14 bits per heavy atom. The molecule has 3 heterocycles. The van der Waals surface area contributed by atoms with E-state index in [0.717, 1.165) is 36.3 Å².